The molecule has 1 amide bonds. The molecule has 144 valence electrons. The zero-order chi connectivity index (χ0) is 19.7. The van der Waals surface area contributed by atoms with E-state index in [1.54, 1.807) is 23.5 Å². The van der Waals surface area contributed by atoms with E-state index < -0.39 is 10.0 Å². The average molecular weight is 413 g/mol. The quantitative estimate of drug-likeness (QED) is 0.714. The van der Waals surface area contributed by atoms with Gasteiger partial charge in [-0.15, -0.1) is 11.3 Å². The predicted octanol–water partition coefficient (Wildman–Crippen LogP) is 3.44. The van der Waals surface area contributed by atoms with Gasteiger partial charge in [0.1, 0.15) is 0 Å². The number of fused-ring (bicyclic) bond motifs is 1. The Morgan fingerprint density at radius 1 is 1.11 bits per heavy atom. The number of carbonyl (C=O) groups is 1. The first-order valence-electron chi connectivity index (χ1n) is 8.97. The van der Waals surface area contributed by atoms with Crippen molar-refractivity contribution in [3.05, 3.63) is 87.6 Å². The number of thiophene rings is 1. The van der Waals surface area contributed by atoms with Gasteiger partial charge < -0.3 is 4.90 Å². The van der Waals surface area contributed by atoms with Crippen molar-refractivity contribution < 1.29 is 13.2 Å². The first-order valence-corrected chi connectivity index (χ1v) is 11.3. The fourth-order valence-electron chi connectivity index (χ4n) is 3.61. The van der Waals surface area contributed by atoms with Crippen LogP contribution in [0.25, 0.3) is 0 Å². The fraction of sp³-hybridized carbons (Fsp3) is 0.190. The Labute approximate surface area is 168 Å². The van der Waals surface area contributed by atoms with Gasteiger partial charge in [-0.25, -0.2) is 13.1 Å². The second-order valence-corrected chi connectivity index (χ2v) is 9.48. The Balaban J connectivity index is 1.76. The molecule has 3 aromatic rings. The van der Waals surface area contributed by atoms with E-state index in [1.165, 1.54) is 24.1 Å². The van der Waals surface area contributed by atoms with Crippen LogP contribution in [0, 0.1) is 0 Å². The maximum absolute atomic E-state index is 13.4. The lowest BCUT2D eigenvalue weighted by molar-refractivity contribution is 0.0696. The highest BCUT2D eigenvalue weighted by atomic mass is 32.2. The van der Waals surface area contributed by atoms with Crippen LogP contribution in [0.1, 0.15) is 32.4 Å². The van der Waals surface area contributed by atoms with Crippen LogP contribution in [-0.2, 0) is 16.4 Å². The Bertz CT molecular complexity index is 1110. The number of hydrogen-bond donors (Lipinski definition) is 1. The molecule has 1 unspecified atom stereocenters. The van der Waals surface area contributed by atoms with Crippen molar-refractivity contribution in [2.75, 3.05) is 13.6 Å². The lowest BCUT2D eigenvalue weighted by atomic mass is 9.92. The molecule has 1 aliphatic heterocycles. The zero-order valence-electron chi connectivity index (χ0n) is 15.3. The van der Waals surface area contributed by atoms with Crippen LogP contribution < -0.4 is 4.72 Å². The Morgan fingerprint density at radius 3 is 2.64 bits per heavy atom. The second-order valence-electron chi connectivity index (χ2n) is 6.60. The van der Waals surface area contributed by atoms with Gasteiger partial charge in [0.05, 0.1) is 10.9 Å². The SMILES string of the molecule is CNS(=O)(=O)c1cccc(C(=O)N2CCc3sccc3C2c2ccccc2)c1. The minimum atomic E-state index is -3.61. The van der Waals surface area contributed by atoms with E-state index in [0.717, 1.165) is 17.5 Å². The fourth-order valence-corrected chi connectivity index (χ4v) is 5.29. The third kappa shape index (κ3) is 3.37. The van der Waals surface area contributed by atoms with Crippen molar-refractivity contribution in [2.24, 2.45) is 0 Å². The molecule has 0 fully saturated rings. The monoisotopic (exact) mass is 412 g/mol. The number of carbonyl (C=O) groups excluding carboxylic acids is 1. The molecule has 7 heteroatoms. The maximum Gasteiger partial charge on any atom is 0.254 e. The average Bonchev–Trinajstić information content (AvgIpc) is 3.22. The third-order valence-electron chi connectivity index (χ3n) is 5.00. The molecule has 0 aliphatic carbocycles. The summed E-state index contributed by atoms with van der Waals surface area (Å²) in [6, 6.07) is 18.1. The molecule has 0 saturated carbocycles. The summed E-state index contributed by atoms with van der Waals surface area (Å²) in [5, 5.41) is 2.06. The van der Waals surface area contributed by atoms with Crippen molar-refractivity contribution in [2.45, 2.75) is 17.4 Å². The molecular weight excluding hydrogens is 392 g/mol. The van der Waals surface area contributed by atoms with E-state index in [0.29, 0.717) is 12.1 Å². The van der Waals surface area contributed by atoms with Gasteiger partial charge in [-0.3, -0.25) is 4.79 Å². The van der Waals surface area contributed by atoms with Crippen LogP contribution in [0.4, 0.5) is 0 Å². The summed E-state index contributed by atoms with van der Waals surface area (Å²) < 4.78 is 26.6. The van der Waals surface area contributed by atoms with E-state index in [4.69, 9.17) is 0 Å². The smallest absolute Gasteiger partial charge is 0.254 e. The number of rotatable bonds is 4. The third-order valence-corrected chi connectivity index (χ3v) is 7.41. The Hall–Kier alpha value is -2.48. The molecule has 4 rings (SSSR count). The predicted molar refractivity (Wildman–Crippen MR) is 110 cm³/mol. The van der Waals surface area contributed by atoms with Gasteiger partial charge >= 0.3 is 0 Å². The summed E-state index contributed by atoms with van der Waals surface area (Å²) in [6.45, 7) is 0.592. The second kappa shape index (κ2) is 7.50. The number of benzene rings is 2. The standard InChI is InChI=1S/C21H20N2O3S2/c1-22-28(25,26)17-9-5-8-16(14-17)21(24)23-12-10-19-18(11-13-27-19)20(23)15-6-3-2-4-7-15/h2-9,11,13-14,20,22H,10,12H2,1H3. The van der Waals surface area contributed by atoms with E-state index in [-0.39, 0.29) is 16.8 Å². The van der Waals surface area contributed by atoms with Crippen LogP contribution in [0.15, 0.2) is 70.9 Å². The van der Waals surface area contributed by atoms with Gasteiger partial charge in [-0.1, -0.05) is 36.4 Å². The highest BCUT2D eigenvalue weighted by molar-refractivity contribution is 7.89. The summed E-state index contributed by atoms with van der Waals surface area (Å²) >= 11 is 1.72. The van der Waals surface area contributed by atoms with E-state index in [1.807, 2.05) is 35.2 Å². The lowest BCUT2D eigenvalue weighted by Gasteiger charge is -2.36. The number of amides is 1. The van der Waals surface area contributed by atoms with E-state index in [9.17, 15) is 13.2 Å². The molecular formula is C21H20N2O3S2. The summed E-state index contributed by atoms with van der Waals surface area (Å²) in [6.07, 6.45) is 0.802. The van der Waals surface area contributed by atoms with Gasteiger partial charge in [0.25, 0.3) is 5.91 Å². The largest absolute Gasteiger partial charge is 0.327 e. The number of hydrogen-bond acceptors (Lipinski definition) is 4. The molecule has 2 heterocycles. The van der Waals surface area contributed by atoms with Crippen LogP contribution >= 0.6 is 11.3 Å². The summed E-state index contributed by atoms with van der Waals surface area (Å²) in [5.74, 6) is -0.168. The first-order chi connectivity index (χ1) is 13.5. The maximum atomic E-state index is 13.4. The molecule has 1 N–H and O–H groups in total. The summed E-state index contributed by atoms with van der Waals surface area (Å²) in [5.41, 5.74) is 2.57. The van der Waals surface area contributed by atoms with Gasteiger partial charge in [0.2, 0.25) is 10.0 Å². The van der Waals surface area contributed by atoms with E-state index in [2.05, 4.69) is 16.2 Å². The van der Waals surface area contributed by atoms with Gasteiger partial charge in [-0.2, -0.15) is 0 Å². The lowest BCUT2D eigenvalue weighted by Crippen LogP contribution is -2.40. The highest BCUT2D eigenvalue weighted by Gasteiger charge is 2.33. The van der Waals surface area contributed by atoms with Gasteiger partial charge in [0.15, 0.2) is 0 Å². The molecule has 0 bridgehead atoms. The molecule has 2 aromatic carbocycles. The van der Waals surface area contributed by atoms with Crippen LogP contribution in [0.3, 0.4) is 0 Å². The molecule has 0 saturated heterocycles. The van der Waals surface area contributed by atoms with Gasteiger partial charge in [-0.05, 0) is 54.2 Å². The van der Waals surface area contributed by atoms with Crippen molar-refractivity contribution in [3.8, 4) is 0 Å². The Morgan fingerprint density at radius 2 is 1.89 bits per heavy atom. The van der Waals surface area contributed by atoms with Crippen molar-refractivity contribution >= 4 is 27.3 Å². The van der Waals surface area contributed by atoms with Crippen molar-refractivity contribution in [3.63, 3.8) is 0 Å². The Kier molecular flexibility index (Phi) is 5.05. The topological polar surface area (TPSA) is 66.5 Å². The minimum Gasteiger partial charge on any atom is -0.327 e. The highest BCUT2D eigenvalue weighted by Crippen LogP contribution is 2.38. The summed E-state index contributed by atoms with van der Waals surface area (Å²) in [7, 11) is -2.25. The molecule has 1 aliphatic rings. The van der Waals surface area contributed by atoms with Crippen molar-refractivity contribution in [1.29, 1.82) is 0 Å². The number of nitrogens with zero attached hydrogens (tertiary/aromatic N) is 1. The molecule has 5 nitrogen and oxygen atoms in total. The van der Waals surface area contributed by atoms with Crippen LogP contribution in [-0.4, -0.2) is 32.8 Å². The molecule has 0 spiro atoms. The van der Waals surface area contributed by atoms with Crippen LogP contribution in [0.2, 0.25) is 0 Å². The normalized spacial score (nSPS) is 16.6. The zero-order valence-corrected chi connectivity index (χ0v) is 17.0. The van der Waals surface area contributed by atoms with Crippen LogP contribution in [0.5, 0.6) is 0 Å². The van der Waals surface area contributed by atoms with E-state index >= 15 is 0 Å². The first kappa shape index (κ1) is 18.9. The molecule has 0 radical (unpaired) electrons. The molecule has 1 atom stereocenters. The minimum absolute atomic E-state index is 0.0883. The summed E-state index contributed by atoms with van der Waals surface area (Å²) in [4.78, 5) is 16.6. The molecule has 28 heavy (non-hydrogen) atoms. The molecule has 1 aromatic heterocycles. The van der Waals surface area contributed by atoms with Gasteiger partial charge in [0, 0.05) is 17.0 Å². The number of nitrogens with one attached hydrogen (secondary N) is 1. The van der Waals surface area contributed by atoms with Crippen molar-refractivity contribution in [1.82, 2.24) is 9.62 Å². The number of sulfonamides is 1.